The number of nitrogen functional groups attached to an aromatic ring is 1. The van der Waals surface area contributed by atoms with Crippen molar-refractivity contribution in [2.45, 2.75) is 33.6 Å². The van der Waals surface area contributed by atoms with Gasteiger partial charge in [-0.25, -0.2) is 9.97 Å². The molecule has 0 amide bonds. The van der Waals surface area contributed by atoms with Gasteiger partial charge in [0.05, 0.1) is 10.7 Å². The number of nitrogens with two attached hydrogens (primary N) is 1. The molecule has 1 heterocycles. The van der Waals surface area contributed by atoms with E-state index in [-0.39, 0.29) is 5.92 Å². The minimum Gasteiger partial charge on any atom is -0.383 e. The quantitative estimate of drug-likeness (QED) is 0.889. The topological polar surface area (TPSA) is 63.8 Å². The number of hydrogen-bond donors (Lipinski definition) is 2. The molecule has 2 aromatic rings. The Bertz CT molecular complexity index is 638. The largest absolute Gasteiger partial charge is 0.383 e. The molecular weight excluding hydrogens is 272 g/mol. The van der Waals surface area contributed by atoms with Crippen LogP contribution in [-0.2, 0) is 0 Å². The summed E-state index contributed by atoms with van der Waals surface area (Å²) in [7, 11) is 0. The van der Waals surface area contributed by atoms with Gasteiger partial charge in [0.15, 0.2) is 0 Å². The molecule has 0 fully saturated rings. The summed E-state index contributed by atoms with van der Waals surface area (Å²) < 4.78 is 0. The van der Waals surface area contributed by atoms with Crippen molar-refractivity contribution in [3.05, 3.63) is 40.2 Å². The first-order valence-corrected chi connectivity index (χ1v) is 6.93. The molecule has 0 aliphatic heterocycles. The van der Waals surface area contributed by atoms with Crippen LogP contribution in [0.25, 0.3) is 0 Å². The van der Waals surface area contributed by atoms with Crippen molar-refractivity contribution < 1.29 is 0 Å². The lowest BCUT2D eigenvalue weighted by Gasteiger charge is -2.14. The number of rotatable bonds is 3. The highest BCUT2D eigenvalue weighted by molar-refractivity contribution is 6.33. The predicted octanol–water partition coefficient (Wildman–Crippen LogP) is 4.20. The maximum atomic E-state index is 6.24. The molecule has 20 heavy (non-hydrogen) atoms. The van der Waals surface area contributed by atoms with Crippen LogP contribution in [0.15, 0.2) is 18.2 Å². The summed E-state index contributed by atoms with van der Waals surface area (Å²) in [6.45, 7) is 7.96. The Kier molecular flexibility index (Phi) is 4.14. The second-order valence-corrected chi connectivity index (χ2v) is 5.61. The molecule has 106 valence electrons. The fourth-order valence-corrected chi connectivity index (χ4v) is 2.06. The van der Waals surface area contributed by atoms with E-state index < -0.39 is 0 Å². The van der Waals surface area contributed by atoms with Crippen molar-refractivity contribution in [3.8, 4) is 0 Å². The molecule has 3 N–H and O–H groups in total. The minimum absolute atomic E-state index is 0.215. The summed E-state index contributed by atoms with van der Waals surface area (Å²) in [6.07, 6.45) is 0. The number of aryl methyl sites for hydroxylation is 1. The van der Waals surface area contributed by atoms with E-state index in [0.717, 1.165) is 22.6 Å². The zero-order valence-electron chi connectivity index (χ0n) is 12.2. The lowest BCUT2D eigenvalue weighted by Crippen LogP contribution is -2.08. The van der Waals surface area contributed by atoms with Crippen LogP contribution in [-0.4, -0.2) is 9.97 Å². The molecule has 2 rings (SSSR count). The minimum atomic E-state index is 0.215. The predicted molar refractivity (Wildman–Crippen MR) is 84.7 cm³/mol. The molecule has 0 aliphatic carbocycles. The maximum absolute atomic E-state index is 6.24. The molecule has 0 unspecified atom stereocenters. The van der Waals surface area contributed by atoms with E-state index in [1.807, 2.05) is 45.9 Å². The number of nitrogens with zero attached hydrogens (tertiary/aromatic N) is 2. The van der Waals surface area contributed by atoms with Crippen molar-refractivity contribution in [1.82, 2.24) is 9.97 Å². The second kappa shape index (κ2) is 5.67. The highest BCUT2D eigenvalue weighted by atomic mass is 35.5. The summed E-state index contributed by atoms with van der Waals surface area (Å²) >= 11 is 6.24. The smallest absolute Gasteiger partial charge is 0.139 e. The van der Waals surface area contributed by atoms with Gasteiger partial charge in [0.25, 0.3) is 0 Å². The Balaban J connectivity index is 2.42. The summed E-state index contributed by atoms with van der Waals surface area (Å²) in [5.41, 5.74) is 8.70. The molecule has 0 atom stereocenters. The third-order valence-electron chi connectivity index (χ3n) is 3.09. The third kappa shape index (κ3) is 3.02. The zero-order chi connectivity index (χ0) is 14.9. The molecule has 5 heteroatoms. The van der Waals surface area contributed by atoms with Crippen molar-refractivity contribution in [3.63, 3.8) is 0 Å². The van der Waals surface area contributed by atoms with E-state index in [1.54, 1.807) is 0 Å². The van der Waals surface area contributed by atoms with E-state index in [4.69, 9.17) is 17.3 Å². The molecule has 0 saturated carbocycles. The molecule has 1 aromatic carbocycles. The highest BCUT2D eigenvalue weighted by Gasteiger charge is 2.12. The van der Waals surface area contributed by atoms with Crippen molar-refractivity contribution in [2.75, 3.05) is 11.1 Å². The van der Waals surface area contributed by atoms with Crippen LogP contribution < -0.4 is 11.1 Å². The van der Waals surface area contributed by atoms with Gasteiger partial charge in [-0.1, -0.05) is 31.5 Å². The molecule has 0 radical (unpaired) electrons. The molecule has 0 aliphatic rings. The standard InChI is InChI=1S/C15H19ClN4/c1-8(2)14-19-13(17)10(4)15(20-14)18-12-6-5-9(3)7-11(12)16/h5-8H,1-4H3,(H3,17,18,19,20). The Hall–Kier alpha value is -1.81. The van der Waals surface area contributed by atoms with Gasteiger partial charge in [-0.3, -0.25) is 0 Å². The SMILES string of the molecule is Cc1ccc(Nc2nc(C(C)C)nc(N)c2C)c(Cl)c1. The van der Waals surface area contributed by atoms with Crippen LogP contribution in [0.3, 0.4) is 0 Å². The lowest BCUT2D eigenvalue weighted by atomic mass is 10.2. The monoisotopic (exact) mass is 290 g/mol. The Morgan fingerprint density at radius 1 is 1.20 bits per heavy atom. The first-order valence-electron chi connectivity index (χ1n) is 6.55. The summed E-state index contributed by atoms with van der Waals surface area (Å²) in [5.74, 6) is 2.13. The van der Waals surface area contributed by atoms with Crippen LogP contribution in [0.5, 0.6) is 0 Å². The zero-order valence-corrected chi connectivity index (χ0v) is 12.9. The summed E-state index contributed by atoms with van der Waals surface area (Å²) in [5, 5.41) is 3.90. The van der Waals surface area contributed by atoms with Gasteiger partial charge < -0.3 is 11.1 Å². The van der Waals surface area contributed by atoms with Crippen LogP contribution in [0.4, 0.5) is 17.3 Å². The first-order chi connectivity index (χ1) is 9.38. The Labute approximate surface area is 124 Å². The number of aromatic nitrogens is 2. The normalized spacial score (nSPS) is 10.9. The van der Waals surface area contributed by atoms with Crippen LogP contribution in [0.2, 0.25) is 5.02 Å². The molecule has 4 nitrogen and oxygen atoms in total. The van der Waals surface area contributed by atoms with E-state index in [2.05, 4.69) is 15.3 Å². The van der Waals surface area contributed by atoms with Gasteiger partial charge in [0.2, 0.25) is 0 Å². The van der Waals surface area contributed by atoms with Gasteiger partial charge >= 0.3 is 0 Å². The van der Waals surface area contributed by atoms with E-state index >= 15 is 0 Å². The number of hydrogen-bond acceptors (Lipinski definition) is 4. The summed E-state index contributed by atoms with van der Waals surface area (Å²) in [6, 6.07) is 5.84. The molecule has 0 bridgehead atoms. The fraction of sp³-hybridized carbons (Fsp3) is 0.333. The van der Waals surface area contributed by atoms with Crippen LogP contribution in [0.1, 0.15) is 36.7 Å². The average molecular weight is 291 g/mol. The lowest BCUT2D eigenvalue weighted by molar-refractivity contribution is 0.776. The van der Waals surface area contributed by atoms with Crippen molar-refractivity contribution in [1.29, 1.82) is 0 Å². The van der Waals surface area contributed by atoms with E-state index in [0.29, 0.717) is 16.7 Å². The maximum Gasteiger partial charge on any atom is 0.139 e. The average Bonchev–Trinajstić information content (AvgIpc) is 2.37. The highest BCUT2D eigenvalue weighted by Crippen LogP contribution is 2.29. The van der Waals surface area contributed by atoms with E-state index in [9.17, 15) is 0 Å². The van der Waals surface area contributed by atoms with Gasteiger partial charge in [0, 0.05) is 11.5 Å². The van der Waals surface area contributed by atoms with Gasteiger partial charge in [-0.15, -0.1) is 0 Å². The molecule has 0 spiro atoms. The van der Waals surface area contributed by atoms with Crippen LogP contribution in [0, 0.1) is 13.8 Å². The summed E-state index contributed by atoms with van der Waals surface area (Å²) in [4.78, 5) is 8.84. The first kappa shape index (κ1) is 14.6. The fourth-order valence-electron chi connectivity index (χ4n) is 1.78. The van der Waals surface area contributed by atoms with Gasteiger partial charge in [0.1, 0.15) is 17.5 Å². The molecule has 0 saturated heterocycles. The number of nitrogens with one attached hydrogen (secondary N) is 1. The van der Waals surface area contributed by atoms with Crippen molar-refractivity contribution >= 4 is 28.9 Å². The number of benzene rings is 1. The Morgan fingerprint density at radius 3 is 2.50 bits per heavy atom. The Morgan fingerprint density at radius 2 is 1.90 bits per heavy atom. The third-order valence-corrected chi connectivity index (χ3v) is 3.41. The molecular formula is C15H19ClN4. The van der Waals surface area contributed by atoms with Crippen LogP contribution >= 0.6 is 11.6 Å². The van der Waals surface area contributed by atoms with Gasteiger partial charge in [-0.2, -0.15) is 0 Å². The number of anilines is 3. The van der Waals surface area contributed by atoms with Gasteiger partial charge in [-0.05, 0) is 31.5 Å². The molecule has 1 aromatic heterocycles. The van der Waals surface area contributed by atoms with Crippen molar-refractivity contribution in [2.24, 2.45) is 0 Å². The number of halogens is 1. The second-order valence-electron chi connectivity index (χ2n) is 5.20. The van der Waals surface area contributed by atoms with E-state index in [1.165, 1.54) is 0 Å².